The Balaban J connectivity index is 1.76. The molecule has 1 amide bonds. The third kappa shape index (κ3) is 4.91. The average Bonchev–Trinajstić information content (AvgIpc) is 2.70. The molecule has 1 heterocycles. The van der Waals surface area contributed by atoms with Gasteiger partial charge >= 0.3 is 0 Å². The lowest BCUT2D eigenvalue weighted by molar-refractivity contribution is -1.02. The summed E-state index contributed by atoms with van der Waals surface area (Å²) in [5.41, 5.74) is 4.28. The fraction of sp³-hybridized carbons (Fsp3) is 0.435. The van der Waals surface area contributed by atoms with E-state index in [1.807, 2.05) is 31.2 Å². The molecule has 3 rings (SSSR count). The third-order valence-electron chi connectivity index (χ3n) is 5.91. The van der Waals surface area contributed by atoms with Crippen molar-refractivity contribution in [2.24, 2.45) is 0 Å². The van der Waals surface area contributed by atoms with Gasteiger partial charge in [-0.3, -0.25) is 4.79 Å². The van der Waals surface area contributed by atoms with E-state index in [1.54, 1.807) is 9.80 Å². The zero-order valence-electron chi connectivity index (χ0n) is 17.6. The van der Waals surface area contributed by atoms with Crippen molar-refractivity contribution < 1.29 is 14.6 Å². The molecule has 1 aliphatic rings. The first-order valence-corrected chi connectivity index (χ1v) is 10.2. The number of nitrogens with zero attached hydrogens (tertiary/aromatic N) is 1. The smallest absolute Gasteiger partial charge is 0.251 e. The molecular formula is C23H34N4O+2. The van der Waals surface area contributed by atoms with Crippen molar-refractivity contribution in [3.8, 4) is 0 Å². The van der Waals surface area contributed by atoms with Crippen LogP contribution >= 0.6 is 0 Å². The van der Waals surface area contributed by atoms with Gasteiger partial charge < -0.3 is 20.0 Å². The number of hydrogen-bond donors (Lipinski definition) is 3. The average molecular weight is 383 g/mol. The molecule has 0 unspecified atom stereocenters. The van der Waals surface area contributed by atoms with Crippen LogP contribution in [-0.4, -0.2) is 59.8 Å². The minimum absolute atomic E-state index is 0.0205. The van der Waals surface area contributed by atoms with Crippen LogP contribution in [0.4, 0.5) is 5.69 Å². The fourth-order valence-corrected chi connectivity index (χ4v) is 3.97. The molecule has 1 saturated heterocycles. The third-order valence-corrected chi connectivity index (χ3v) is 5.91. The molecule has 0 bridgehead atoms. The molecule has 5 nitrogen and oxygen atoms in total. The lowest BCUT2D eigenvalue weighted by Crippen LogP contribution is -3.27. The van der Waals surface area contributed by atoms with Gasteiger partial charge in [0.15, 0.2) is 0 Å². The number of benzene rings is 2. The van der Waals surface area contributed by atoms with Crippen molar-refractivity contribution in [2.75, 3.05) is 58.8 Å². The SMILES string of the molecule is Cc1ccccc1C(=O)NC[C@H](c1ccc(N(C)C)cc1)[NH+]1CC[NH+](C)CC1. The maximum Gasteiger partial charge on any atom is 0.251 e. The van der Waals surface area contributed by atoms with Gasteiger partial charge in [-0.15, -0.1) is 0 Å². The van der Waals surface area contributed by atoms with Crippen molar-refractivity contribution in [3.05, 3.63) is 65.2 Å². The minimum atomic E-state index is 0.0205. The van der Waals surface area contributed by atoms with Crippen LogP contribution in [0.25, 0.3) is 0 Å². The Morgan fingerprint density at radius 3 is 2.29 bits per heavy atom. The highest BCUT2D eigenvalue weighted by atomic mass is 16.1. The van der Waals surface area contributed by atoms with Crippen LogP contribution in [0, 0.1) is 6.92 Å². The molecule has 0 spiro atoms. The van der Waals surface area contributed by atoms with E-state index in [2.05, 4.69) is 55.6 Å². The topological polar surface area (TPSA) is 41.2 Å². The minimum Gasteiger partial charge on any atom is -0.378 e. The Hall–Kier alpha value is -2.37. The molecule has 1 fully saturated rings. The molecule has 2 aromatic carbocycles. The molecule has 1 aliphatic heterocycles. The first-order valence-electron chi connectivity index (χ1n) is 10.2. The van der Waals surface area contributed by atoms with Crippen molar-refractivity contribution in [3.63, 3.8) is 0 Å². The second kappa shape index (κ2) is 9.22. The van der Waals surface area contributed by atoms with Gasteiger partial charge in [-0.25, -0.2) is 0 Å². The molecule has 0 radical (unpaired) electrons. The summed E-state index contributed by atoms with van der Waals surface area (Å²) in [7, 11) is 6.38. The summed E-state index contributed by atoms with van der Waals surface area (Å²) in [4.78, 5) is 18.0. The van der Waals surface area contributed by atoms with Gasteiger partial charge in [-0.1, -0.05) is 30.3 Å². The normalized spacial score (nSPS) is 20.4. The number of nitrogens with one attached hydrogen (secondary N) is 3. The fourth-order valence-electron chi connectivity index (χ4n) is 3.97. The molecule has 0 aromatic heterocycles. The summed E-state index contributed by atoms with van der Waals surface area (Å²) in [5, 5.41) is 3.21. The lowest BCUT2D eigenvalue weighted by Gasteiger charge is -2.33. The molecule has 0 saturated carbocycles. The highest BCUT2D eigenvalue weighted by Crippen LogP contribution is 2.16. The standard InChI is InChI=1S/C23H32N4O/c1-18-7-5-6-8-21(18)23(28)24-17-22(27-15-13-26(4)14-16-27)19-9-11-20(12-10-19)25(2)3/h5-12,22H,13-17H2,1-4H3,(H,24,28)/p+2/t22-/m1/s1. The molecule has 3 N–H and O–H groups in total. The summed E-state index contributed by atoms with van der Waals surface area (Å²) in [6.45, 7) is 7.25. The second-order valence-electron chi connectivity index (χ2n) is 8.18. The summed E-state index contributed by atoms with van der Waals surface area (Å²) >= 11 is 0. The van der Waals surface area contributed by atoms with Crippen LogP contribution in [0.5, 0.6) is 0 Å². The van der Waals surface area contributed by atoms with Crippen molar-refractivity contribution in [1.82, 2.24) is 5.32 Å². The number of rotatable bonds is 6. The highest BCUT2D eigenvalue weighted by Gasteiger charge is 2.29. The van der Waals surface area contributed by atoms with Crippen molar-refractivity contribution in [2.45, 2.75) is 13.0 Å². The van der Waals surface area contributed by atoms with Gasteiger partial charge in [-0.05, 0) is 30.7 Å². The Labute approximate surface area is 168 Å². The maximum absolute atomic E-state index is 12.7. The van der Waals surface area contributed by atoms with Crippen LogP contribution in [0.2, 0.25) is 0 Å². The van der Waals surface area contributed by atoms with Gasteiger partial charge in [0.05, 0.1) is 13.6 Å². The number of carbonyl (C=O) groups is 1. The Morgan fingerprint density at radius 2 is 1.68 bits per heavy atom. The van der Waals surface area contributed by atoms with E-state index < -0.39 is 0 Å². The second-order valence-corrected chi connectivity index (χ2v) is 8.18. The molecular weight excluding hydrogens is 348 g/mol. The lowest BCUT2D eigenvalue weighted by atomic mass is 10.0. The molecule has 28 heavy (non-hydrogen) atoms. The molecule has 1 atom stereocenters. The van der Waals surface area contributed by atoms with Gasteiger partial charge in [0, 0.05) is 30.9 Å². The predicted molar refractivity (Wildman–Crippen MR) is 114 cm³/mol. The van der Waals surface area contributed by atoms with Gasteiger partial charge in [0.25, 0.3) is 5.91 Å². The number of aryl methyl sites for hydroxylation is 1. The Kier molecular flexibility index (Phi) is 6.70. The monoisotopic (exact) mass is 382 g/mol. The molecule has 2 aromatic rings. The van der Waals surface area contributed by atoms with E-state index in [9.17, 15) is 4.79 Å². The van der Waals surface area contributed by atoms with Crippen LogP contribution in [0.1, 0.15) is 27.5 Å². The van der Waals surface area contributed by atoms with Crippen LogP contribution in [-0.2, 0) is 0 Å². The van der Waals surface area contributed by atoms with E-state index >= 15 is 0 Å². The Morgan fingerprint density at radius 1 is 1.04 bits per heavy atom. The van der Waals surface area contributed by atoms with Crippen LogP contribution < -0.4 is 20.0 Å². The van der Waals surface area contributed by atoms with Gasteiger partial charge in [-0.2, -0.15) is 0 Å². The van der Waals surface area contributed by atoms with Gasteiger partial charge in [0.1, 0.15) is 32.2 Å². The van der Waals surface area contributed by atoms with E-state index in [-0.39, 0.29) is 11.9 Å². The number of anilines is 1. The molecule has 0 aliphatic carbocycles. The van der Waals surface area contributed by atoms with E-state index in [0.29, 0.717) is 6.54 Å². The van der Waals surface area contributed by atoms with Crippen molar-refractivity contribution in [1.29, 1.82) is 0 Å². The number of piperazine rings is 1. The number of carbonyl (C=O) groups excluding carboxylic acids is 1. The van der Waals surface area contributed by atoms with E-state index in [0.717, 1.165) is 24.2 Å². The number of quaternary nitrogens is 2. The maximum atomic E-state index is 12.7. The van der Waals surface area contributed by atoms with Gasteiger partial charge in [0.2, 0.25) is 0 Å². The summed E-state index contributed by atoms with van der Waals surface area (Å²) in [5.74, 6) is 0.0205. The highest BCUT2D eigenvalue weighted by molar-refractivity contribution is 5.95. The first kappa shape index (κ1) is 20.4. The summed E-state index contributed by atoms with van der Waals surface area (Å²) in [6, 6.07) is 16.8. The zero-order chi connectivity index (χ0) is 20.1. The van der Waals surface area contributed by atoms with Crippen molar-refractivity contribution >= 4 is 11.6 Å². The van der Waals surface area contributed by atoms with Crippen LogP contribution in [0.15, 0.2) is 48.5 Å². The zero-order valence-corrected chi connectivity index (χ0v) is 17.6. The van der Waals surface area contributed by atoms with E-state index in [4.69, 9.17) is 0 Å². The van der Waals surface area contributed by atoms with Crippen LogP contribution in [0.3, 0.4) is 0 Å². The number of likely N-dealkylation sites (N-methyl/N-ethyl adjacent to an activating group) is 1. The number of hydrogen-bond acceptors (Lipinski definition) is 2. The Bertz CT molecular complexity index is 779. The summed E-state index contributed by atoms with van der Waals surface area (Å²) in [6.07, 6.45) is 0. The first-order chi connectivity index (χ1) is 13.5. The van der Waals surface area contributed by atoms with E-state index in [1.165, 1.54) is 24.3 Å². The molecule has 5 heteroatoms. The summed E-state index contributed by atoms with van der Waals surface area (Å²) < 4.78 is 0. The largest absolute Gasteiger partial charge is 0.378 e. The predicted octanol–water partition coefficient (Wildman–Crippen LogP) is -0.0547. The number of amides is 1. The quantitative estimate of drug-likeness (QED) is 0.656. The molecule has 150 valence electrons.